The van der Waals surface area contributed by atoms with E-state index in [0.29, 0.717) is 24.0 Å². The lowest BCUT2D eigenvalue weighted by Crippen LogP contribution is -2.49. The summed E-state index contributed by atoms with van der Waals surface area (Å²) in [4.78, 5) is 26.1. The Morgan fingerprint density at radius 1 is 1.22 bits per heavy atom. The van der Waals surface area contributed by atoms with Crippen molar-refractivity contribution in [2.75, 3.05) is 11.4 Å². The maximum Gasteiger partial charge on any atom is 0.260 e. The number of para-hydroxylation sites is 2. The fourth-order valence-electron chi connectivity index (χ4n) is 4.58. The van der Waals surface area contributed by atoms with Crippen LogP contribution in [-0.4, -0.2) is 24.5 Å². The van der Waals surface area contributed by atoms with Crippen LogP contribution in [0, 0.1) is 17.8 Å². The molecule has 5 nitrogen and oxygen atoms in total. The predicted molar refractivity (Wildman–Crippen MR) is 86.0 cm³/mol. The summed E-state index contributed by atoms with van der Waals surface area (Å²) in [5, 5.41) is 0. The van der Waals surface area contributed by atoms with Gasteiger partial charge in [0, 0.05) is 6.42 Å². The van der Waals surface area contributed by atoms with Crippen molar-refractivity contribution >= 4 is 17.5 Å². The monoisotopic (exact) mass is 314 g/mol. The molecule has 3 aliphatic rings. The topological polar surface area (TPSA) is 72.6 Å². The molecule has 1 aliphatic heterocycles. The van der Waals surface area contributed by atoms with Gasteiger partial charge in [0.1, 0.15) is 5.75 Å². The van der Waals surface area contributed by atoms with Gasteiger partial charge in [-0.25, -0.2) is 0 Å². The summed E-state index contributed by atoms with van der Waals surface area (Å²) in [6, 6.07) is 7.36. The molecule has 2 amide bonds. The van der Waals surface area contributed by atoms with Crippen LogP contribution >= 0.6 is 0 Å². The molecule has 2 aliphatic carbocycles. The van der Waals surface area contributed by atoms with E-state index in [-0.39, 0.29) is 12.5 Å². The summed E-state index contributed by atoms with van der Waals surface area (Å²) in [7, 11) is 0. The van der Waals surface area contributed by atoms with Gasteiger partial charge in [-0.15, -0.1) is 0 Å². The lowest BCUT2D eigenvalue weighted by atomic mass is 9.86. The number of carbonyl (C=O) groups is 2. The van der Waals surface area contributed by atoms with Crippen molar-refractivity contribution in [1.29, 1.82) is 0 Å². The minimum absolute atomic E-state index is 0.0875. The van der Waals surface area contributed by atoms with Gasteiger partial charge in [0.05, 0.1) is 12.2 Å². The summed E-state index contributed by atoms with van der Waals surface area (Å²) in [5.74, 6) is 2.16. The number of ether oxygens (including phenoxy) is 1. The van der Waals surface area contributed by atoms with Crippen LogP contribution in [0.5, 0.6) is 5.75 Å². The van der Waals surface area contributed by atoms with Gasteiger partial charge >= 0.3 is 0 Å². The zero-order valence-electron chi connectivity index (χ0n) is 13.1. The highest BCUT2D eigenvalue weighted by atomic mass is 16.5. The van der Waals surface area contributed by atoms with Crippen molar-refractivity contribution in [3.8, 4) is 5.75 Å². The zero-order chi connectivity index (χ0) is 16.0. The third-order valence-electron chi connectivity index (χ3n) is 5.71. The Balaban J connectivity index is 1.54. The number of primary amides is 1. The van der Waals surface area contributed by atoms with E-state index in [1.165, 1.54) is 25.7 Å². The molecule has 0 unspecified atom stereocenters. The van der Waals surface area contributed by atoms with E-state index in [4.69, 9.17) is 10.5 Å². The largest absolute Gasteiger partial charge is 0.477 e. The molecule has 122 valence electrons. The highest BCUT2D eigenvalue weighted by molar-refractivity contribution is 5.97. The first kappa shape index (κ1) is 14.5. The maximum atomic E-state index is 12.9. The van der Waals surface area contributed by atoms with Crippen molar-refractivity contribution in [2.45, 2.75) is 38.2 Å². The number of anilines is 1. The van der Waals surface area contributed by atoms with Crippen molar-refractivity contribution in [3.05, 3.63) is 24.3 Å². The minimum Gasteiger partial charge on any atom is -0.477 e. The summed E-state index contributed by atoms with van der Waals surface area (Å²) >= 11 is 0. The van der Waals surface area contributed by atoms with Crippen LogP contribution < -0.4 is 15.4 Å². The Hall–Kier alpha value is -2.04. The van der Waals surface area contributed by atoms with Crippen molar-refractivity contribution < 1.29 is 14.3 Å². The number of fused-ring (bicyclic) bond motifs is 3. The van der Waals surface area contributed by atoms with Crippen molar-refractivity contribution in [2.24, 2.45) is 23.5 Å². The van der Waals surface area contributed by atoms with Crippen LogP contribution in [0.2, 0.25) is 0 Å². The number of hydrogen-bond acceptors (Lipinski definition) is 3. The third kappa shape index (κ3) is 2.58. The average Bonchev–Trinajstić information content (AvgIpc) is 3.16. The second-order valence-corrected chi connectivity index (χ2v) is 7.12. The smallest absolute Gasteiger partial charge is 0.260 e. The van der Waals surface area contributed by atoms with E-state index < -0.39 is 12.0 Å². The molecule has 0 saturated heterocycles. The minimum atomic E-state index is -0.770. The Morgan fingerprint density at radius 2 is 2.04 bits per heavy atom. The number of amides is 2. The normalized spacial score (nSPS) is 31.6. The summed E-state index contributed by atoms with van der Waals surface area (Å²) in [6.45, 7) is 0.214. The van der Waals surface area contributed by atoms with Crippen LogP contribution in [0.15, 0.2) is 24.3 Å². The molecule has 5 heteroatoms. The molecule has 0 radical (unpaired) electrons. The van der Waals surface area contributed by atoms with Crippen LogP contribution in [-0.2, 0) is 9.59 Å². The Morgan fingerprint density at radius 3 is 2.74 bits per heavy atom. The highest BCUT2D eigenvalue weighted by Gasteiger charge is 2.41. The second kappa shape index (κ2) is 5.55. The number of nitrogens with two attached hydrogens (primary N) is 1. The molecule has 4 atom stereocenters. The van der Waals surface area contributed by atoms with Gasteiger partial charge in [-0.1, -0.05) is 18.6 Å². The number of nitrogens with zero attached hydrogens (tertiary/aromatic N) is 1. The maximum absolute atomic E-state index is 12.9. The van der Waals surface area contributed by atoms with Gasteiger partial charge in [0.25, 0.3) is 5.91 Å². The molecule has 1 aromatic rings. The molecule has 1 heterocycles. The van der Waals surface area contributed by atoms with E-state index in [2.05, 4.69) is 0 Å². The number of rotatable bonds is 3. The SMILES string of the molecule is NC(=O)[C@H]1CN(C(=O)C[C@@H]2C[C@H]3CC[C@H]2C3)c2ccccc2O1. The second-order valence-electron chi connectivity index (χ2n) is 7.12. The molecule has 2 saturated carbocycles. The molecular weight excluding hydrogens is 292 g/mol. The molecule has 2 N–H and O–H groups in total. The Labute approximate surface area is 135 Å². The summed E-state index contributed by atoms with van der Waals surface area (Å²) in [6.07, 6.45) is 4.88. The third-order valence-corrected chi connectivity index (χ3v) is 5.71. The number of hydrogen-bond donors (Lipinski definition) is 1. The van der Waals surface area contributed by atoms with Gasteiger partial charge in [-0.2, -0.15) is 0 Å². The van der Waals surface area contributed by atoms with E-state index in [0.717, 1.165) is 11.6 Å². The van der Waals surface area contributed by atoms with Crippen LogP contribution in [0.1, 0.15) is 32.1 Å². The Bertz CT molecular complexity index is 645. The van der Waals surface area contributed by atoms with E-state index in [1.807, 2.05) is 18.2 Å². The molecule has 2 bridgehead atoms. The molecule has 23 heavy (non-hydrogen) atoms. The van der Waals surface area contributed by atoms with Crippen LogP contribution in [0.3, 0.4) is 0 Å². The zero-order valence-corrected chi connectivity index (χ0v) is 13.1. The van der Waals surface area contributed by atoms with Gasteiger partial charge in [0.15, 0.2) is 6.10 Å². The molecule has 2 fully saturated rings. The number of benzene rings is 1. The van der Waals surface area contributed by atoms with Crippen molar-refractivity contribution in [3.63, 3.8) is 0 Å². The van der Waals surface area contributed by atoms with E-state index in [9.17, 15) is 9.59 Å². The lowest BCUT2D eigenvalue weighted by Gasteiger charge is -2.34. The standard InChI is InChI=1S/C18H22N2O3/c19-18(22)16-10-20(14-3-1-2-4-15(14)23-16)17(21)9-13-8-11-5-6-12(13)7-11/h1-4,11-13,16H,5-10H2,(H2,19,22)/t11-,12-,13-,16+/m0/s1. The molecule has 0 aromatic heterocycles. The van der Waals surface area contributed by atoms with Gasteiger partial charge < -0.3 is 15.4 Å². The van der Waals surface area contributed by atoms with E-state index in [1.54, 1.807) is 11.0 Å². The van der Waals surface area contributed by atoms with Gasteiger partial charge in [-0.3, -0.25) is 9.59 Å². The quantitative estimate of drug-likeness (QED) is 0.928. The van der Waals surface area contributed by atoms with Crippen LogP contribution in [0.4, 0.5) is 5.69 Å². The highest BCUT2D eigenvalue weighted by Crippen LogP contribution is 2.50. The summed E-state index contributed by atoms with van der Waals surface area (Å²) in [5.41, 5.74) is 6.15. The van der Waals surface area contributed by atoms with Crippen molar-refractivity contribution in [1.82, 2.24) is 0 Å². The van der Waals surface area contributed by atoms with E-state index >= 15 is 0 Å². The first-order valence-electron chi connectivity index (χ1n) is 8.47. The first-order valence-corrected chi connectivity index (χ1v) is 8.47. The fourth-order valence-corrected chi connectivity index (χ4v) is 4.58. The predicted octanol–water partition coefficient (Wildman–Crippen LogP) is 2.09. The molecule has 0 spiro atoms. The average molecular weight is 314 g/mol. The number of carbonyl (C=O) groups excluding carboxylic acids is 2. The first-order chi connectivity index (χ1) is 11.1. The molecule has 4 rings (SSSR count). The Kier molecular flexibility index (Phi) is 3.51. The summed E-state index contributed by atoms with van der Waals surface area (Å²) < 4.78 is 5.62. The van der Waals surface area contributed by atoms with Gasteiger partial charge in [0.2, 0.25) is 5.91 Å². The van der Waals surface area contributed by atoms with Crippen LogP contribution in [0.25, 0.3) is 0 Å². The molecular formula is C18H22N2O3. The lowest BCUT2D eigenvalue weighted by molar-refractivity contribution is -0.125. The fraction of sp³-hybridized carbons (Fsp3) is 0.556. The van der Waals surface area contributed by atoms with Gasteiger partial charge in [-0.05, 0) is 49.1 Å². The molecule has 1 aromatic carbocycles.